The van der Waals surface area contributed by atoms with E-state index < -0.39 is 5.92 Å². The second kappa shape index (κ2) is 4.65. The molecule has 6 atom stereocenters. The van der Waals surface area contributed by atoms with E-state index in [1.807, 2.05) is 6.92 Å². The number of allylic oxidation sites excluding steroid dienone is 2. The highest BCUT2D eigenvalue weighted by Crippen LogP contribution is 2.64. The Bertz CT molecular complexity index is 685. The van der Waals surface area contributed by atoms with Gasteiger partial charge in [-0.3, -0.25) is 14.4 Å². The minimum absolute atomic E-state index is 0.0379. The van der Waals surface area contributed by atoms with E-state index in [0.29, 0.717) is 0 Å². The van der Waals surface area contributed by atoms with Gasteiger partial charge in [-0.25, -0.2) is 0 Å². The summed E-state index contributed by atoms with van der Waals surface area (Å²) in [4.78, 5) is 36.8. The molecule has 4 unspecified atom stereocenters. The van der Waals surface area contributed by atoms with E-state index >= 15 is 0 Å². The number of ether oxygens (including phenoxy) is 1. The van der Waals surface area contributed by atoms with Gasteiger partial charge in [0.25, 0.3) is 0 Å². The topological polar surface area (TPSA) is 60.4 Å². The molecule has 0 aromatic heterocycles. The SMILES string of the molecule is CC(=O)OC1C2C=CC[C@]23CC2=C(C(=O)C(C)C(=O)C2C)[C@H]1C3. The number of ketones is 2. The van der Waals surface area contributed by atoms with Crippen LogP contribution < -0.4 is 0 Å². The highest BCUT2D eigenvalue weighted by Gasteiger charge is 2.62. The summed E-state index contributed by atoms with van der Waals surface area (Å²) in [6.45, 7) is 5.08. The van der Waals surface area contributed by atoms with Crippen LogP contribution in [0.3, 0.4) is 0 Å². The average Bonchev–Trinajstić information content (AvgIpc) is 2.98. The van der Waals surface area contributed by atoms with Gasteiger partial charge in [0.2, 0.25) is 0 Å². The van der Waals surface area contributed by atoms with E-state index in [1.165, 1.54) is 6.92 Å². The molecule has 0 saturated heterocycles. The Labute approximate surface area is 136 Å². The van der Waals surface area contributed by atoms with Gasteiger partial charge < -0.3 is 4.74 Å². The maximum absolute atomic E-state index is 12.8. The van der Waals surface area contributed by atoms with Crippen LogP contribution in [-0.2, 0) is 19.1 Å². The lowest BCUT2D eigenvalue weighted by Gasteiger charge is -2.40. The predicted molar refractivity (Wildman–Crippen MR) is 83.3 cm³/mol. The molecule has 4 rings (SSSR count). The first-order valence-electron chi connectivity index (χ1n) is 8.50. The van der Waals surface area contributed by atoms with Crippen molar-refractivity contribution < 1.29 is 19.1 Å². The smallest absolute Gasteiger partial charge is 0.302 e. The molecule has 1 spiro atoms. The Balaban J connectivity index is 1.84. The molecular weight excluding hydrogens is 292 g/mol. The monoisotopic (exact) mass is 314 g/mol. The average molecular weight is 314 g/mol. The molecule has 0 heterocycles. The van der Waals surface area contributed by atoms with E-state index in [-0.39, 0.29) is 46.8 Å². The summed E-state index contributed by atoms with van der Waals surface area (Å²) < 4.78 is 5.67. The Morgan fingerprint density at radius 3 is 2.70 bits per heavy atom. The lowest BCUT2D eigenvalue weighted by atomic mass is 9.62. The zero-order chi connectivity index (χ0) is 16.5. The number of carbonyl (C=O) groups excluding carboxylic acids is 3. The fraction of sp³-hybridized carbons (Fsp3) is 0.632. The molecule has 2 bridgehead atoms. The van der Waals surface area contributed by atoms with E-state index in [9.17, 15) is 14.4 Å². The van der Waals surface area contributed by atoms with Crippen molar-refractivity contribution in [1.82, 2.24) is 0 Å². The maximum atomic E-state index is 12.8. The first kappa shape index (κ1) is 14.9. The van der Waals surface area contributed by atoms with Gasteiger partial charge in [-0.05, 0) is 31.6 Å². The van der Waals surface area contributed by atoms with Crippen molar-refractivity contribution >= 4 is 17.5 Å². The van der Waals surface area contributed by atoms with Gasteiger partial charge in [0.05, 0.1) is 5.92 Å². The first-order valence-corrected chi connectivity index (χ1v) is 8.50. The highest BCUT2D eigenvalue weighted by molar-refractivity contribution is 6.15. The molecular formula is C19H22O4. The van der Waals surface area contributed by atoms with E-state index in [4.69, 9.17) is 4.74 Å². The quantitative estimate of drug-likeness (QED) is 0.424. The van der Waals surface area contributed by atoms with Crippen molar-refractivity contribution in [3.8, 4) is 0 Å². The summed E-state index contributed by atoms with van der Waals surface area (Å²) >= 11 is 0. The van der Waals surface area contributed by atoms with Gasteiger partial charge in [0.15, 0.2) is 5.78 Å². The van der Waals surface area contributed by atoms with Gasteiger partial charge in [-0.15, -0.1) is 0 Å². The summed E-state index contributed by atoms with van der Waals surface area (Å²) in [7, 11) is 0. The fourth-order valence-electron chi connectivity index (χ4n) is 5.50. The van der Waals surface area contributed by atoms with Gasteiger partial charge in [0, 0.05) is 30.3 Å². The molecule has 0 amide bonds. The minimum Gasteiger partial charge on any atom is -0.461 e. The van der Waals surface area contributed by atoms with Crippen molar-refractivity contribution in [1.29, 1.82) is 0 Å². The van der Waals surface area contributed by atoms with Crippen molar-refractivity contribution in [3.05, 3.63) is 23.3 Å². The standard InChI is InChI=1S/C19H22O4/c1-9-12-7-19-6-4-5-14(19)18(23-11(3)20)13(8-19)15(12)17(22)10(2)16(9)21/h4-5,9-10,13-14,18H,6-8H2,1-3H3/t9?,10?,13-,14?,18?,19-/m1/s1. The van der Waals surface area contributed by atoms with Crippen molar-refractivity contribution in [3.63, 3.8) is 0 Å². The molecule has 4 aliphatic carbocycles. The zero-order valence-corrected chi connectivity index (χ0v) is 13.8. The number of rotatable bonds is 1. The Hall–Kier alpha value is -1.71. The molecule has 0 radical (unpaired) electrons. The Morgan fingerprint density at radius 1 is 1.26 bits per heavy atom. The van der Waals surface area contributed by atoms with Crippen LogP contribution >= 0.6 is 0 Å². The van der Waals surface area contributed by atoms with Crippen molar-refractivity contribution in [2.75, 3.05) is 0 Å². The number of fused-ring (bicyclic) bond motifs is 2. The molecule has 1 fully saturated rings. The molecule has 0 aromatic rings. The van der Waals surface area contributed by atoms with Crippen LogP contribution in [0.2, 0.25) is 0 Å². The summed E-state index contributed by atoms with van der Waals surface area (Å²) in [5.41, 5.74) is 1.88. The molecule has 4 heteroatoms. The summed E-state index contributed by atoms with van der Waals surface area (Å²) in [5.74, 6) is -0.903. The Kier molecular flexibility index (Phi) is 3.00. The number of carbonyl (C=O) groups is 3. The van der Waals surface area contributed by atoms with Crippen LogP contribution in [-0.4, -0.2) is 23.6 Å². The van der Waals surface area contributed by atoms with Gasteiger partial charge in [-0.1, -0.05) is 24.6 Å². The summed E-state index contributed by atoms with van der Waals surface area (Å²) in [6.07, 6.45) is 6.71. The number of hydrogen-bond donors (Lipinski definition) is 0. The summed E-state index contributed by atoms with van der Waals surface area (Å²) in [6, 6.07) is 0. The van der Waals surface area contributed by atoms with E-state index in [1.54, 1.807) is 6.92 Å². The molecule has 0 aromatic carbocycles. The van der Waals surface area contributed by atoms with Crippen LogP contribution in [0.5, 0.6) is 0 Å². The number of esters is 1. The van der Waals surface area contributed by atoms with Crippen LogP contribution in [0.25, 0.3) is 0 Å². The third-order valence-electron chi connectivity index (χ3n) is 6.55. The third-order valence-corrected chi connectivity index (χ3v) is 6.55. The molecule has 0 N–H and O–H groups in total. The number of hydrogen-bond acceptors (Lipinski definition) is 4. The first-order chi connectivity index (χ1) is 10.9. The molecule has 4 aliphatic rings. The lowest BCUT2D eigenvalue weighted by Crippen LogP contribution is -2.41. The van der Waals surface area contributed by atoms with Gasteiger partial charge in [-0.2, -0.15) is 0 Å². The molecule has 23 heavy (non-hydrogen) atoms. The van der Waals surface area contributed by atoms with Crippen LogP contribution in [0.1, 0.15) is 40.0 Å². The highest BCUT2D eigenvalue weighted by atomic mass is 16.5. The predicted octanol–water partition coefficient (Wildman–Crippen LogP) is 2.62. The minimum atomic E-state index is -0.563. The third kappa shape index (κ3) is 1.81. The van der Waals surface area contributed by atoms with Crippen molar-refractivity contribution in [2.24, 2.45) is 29.1 Å². The second-order valence-corrected chi connectivity index (χ2v) is 7.73. The van der Waals surface area contributed by atoms with Gasteiger partial charge in [0.1, 0.15) is 11.9 Å². The maximum Gasteiger partial charge on any atom is 0.302 e. The van der Waals surface area contributed by atoms with Crippen molar-refractivity contribution in [2.45, 2.75) is 46.1 Å². The molecule has 0 aliphatic heterocycles. The largest absolute Gasteiger partial charge is 0.461 e. The molecule has 1 saturated carbocycles. The lowest BCUT2D eigenvalue weighted by molar-refractivity contribution is -0.150. The van der Waals surface area contributed by atoms with E-state index in [2.05, 4.69) is 12.2 Å². The van der Waals surface area contributed by atoms with E-state index in [0.717, 1.165) is 30.4 Å². The van der Waals surface area contributed by atoms with Crippen LogP contribution in [0.4, 0.5) is 0 Å². The van der Waals surface area contributed by atoms with Gasteiger partial charge >= 0.3 is 5.97 Å². The fourth-order valence-corrected chi connectivity index (χ4v) is 5.50. The van der Waals surface area contributed by atoms with Crippen LogP contribution in [0.15, 0.2) is 23.3 Å². The number of Topliss-reactive ketones (excluding diaryl/α,β-unsaturated/α-hetero) is 2. The Morgan fingerprint density at radius 2 is 2.00 bits per heavy atom. The second-order valence-electron chi connectivity index (χ2n) is 7.73. The van der Waals surface area contributed by atoms with Crippen LogP contribution in [0, 0.1) is 29.1 Å². The normalized spacial score (nSPS) is 44.4. The molecule has 4 nitrogen and oxygen atoms in total. The molecule has 122 valence electrons. The summed E-state index contributed by atoms with van der Waals surface area (Å²) in [5, 5.41) is 0. The zero-order valence-electron chi connectivity index (χ0n) is 13.8.